The number of amides is 1. The lowest BCUT2D eigenvalue weighted by Crippen LogP contribution is -2.27. The highest BCUT2D eigenvalue weighted by Crippen LogP contribution is 2.36. The van der Waals surface area contributed by atoms with Crippen molar-refractivity contribution in [3.05, 3.63) is 99.2 Å². The zero-order valence-electron chi connectivity index (χ0n) is 16.5. The Morgan fingerprint density at radius 2 is 1.87 bits per heavy atom. The molecule has 1 amide bonds. The van der Waals surface area contributed by atoms with Crippen LogP contribution in [0.5, 0.6) is 5.75 Å². The number of benzene rings is 3. The molecule has 0 aliphatic carbocycles. The highest BCUT2D eigenvalue weighted by Gasteiger charge is 2.33. The molecule has 0 spiro atoms. The predicted molar refractivity (Wildman–Crippen MR) is 129 cm³/mol. The van der Waals surface area contributed by atoms with Gasteiger partial charge in [-0.3, -0.25) is 9.69 Å². The van der Waals surface area contributed by atoms with E-state index >= 15 is 0 Å². The van der Waals surface area contributed by atoms with Gasteiger partial charge >= 0.3 is 0 Å². The van der Waals surface area contributed by atoms with E-state index in [-0.39, 0.29) is 12.5 Å². The van der Waals surface area contributed by atoms with Gasteiger partial charge in [0.1, 0.15) is 18.2 Å². The van der Waals surface area contributed by atoms with Gasteiger partial charge in [-0.25, -0.2) is 4.39 Å². The summed E-state index contributed by atoms with van der Waals surface area (Å²) in [5.41, 5.74) is 2.97. The lowest BCUT2D eigenvalue weighted by atomic mass is 10.2. The molecular formula is C24H17ClFNO2S2. The molecule has 3 nitrogen and oxygen atoms in total. The van der Waals surface area contributed by atoms with Crippen LogP contribution in [0.3, 0.4) is 0 Å². The minimum Gasteiger partial charge on any atom is -0.489 e. The summed E-state index contributed by atoms with van der Waals surface area (Å²) in [4.78, 5) is 15.0. The van der Waals surface area contributed by atoms with E-state index in [1.165, 1.54) is 17.8 Å². The first kappa shape index (κ1) is 21.6. The molecule has 1 aliphatic heterocycles. The number of carbonyl (C=O) groups excluding carboxylic acids is 1. The van der Waals surface area contributed by atoms with Gasteiger partial charge in [-0.1, -0.05) is 65.9 Å². The lowest BCUT2D eigenvalue weighted by Gasteiger charge is -2.14. The van der Waals surface area contributed by atoms with Crippen LogP contribution in [0.15, 0.2) is 71.6 Å². The Kier molecular flexibility index (Phi) is 6.41. The smallest absolute Gasteiger partial charge is 0.270 e. The van der Waals surface area contributed by atoms with Crippen molar-refractivity contribution in [2.45, 2.75) is 13.5 Å². The number of aryl methyl sites for hydroxylation is 1. The number of rotatable bonds is 5. The minimum absolute atomic E-state index is 0.0278. The maximum absolute atomic E-state index is 13.9. The number of thioether (sulfide) groups is 1. The van der Waals surface area contributed by atoms with E-state index < -0.39 is 5.82 Å². The molecule has 1 heterocycles. The Balaban J connectivity index is 1.47. The molecule has 4 rings (SSSR count). The largest absolute Gasteiger partial charge is 0.489 e. The van der Waals surface area contributed by atoms with Gasteiger partial charge in [0.15, 0.2) is 4.32 Å². The van der Waals surface area contributed by atoms with Gasteiger partial charge in [0.2, 0.25) is 0 Å². The molecule has 0 N–H and O–H groups in total. The van der Waals surface area contributed by atoms with Crippen LogP contribution in [0.1, 0.15) is 16.7 Å². The van der Waals surface area contributed by atoms with Crippen LogP contribution in [-0.4, -0.2) is 10.2 Å². The van der Waals surface area contributed by atoms with Crippen LogP contribution >= 0.6 is 35.6 Å². The van der Waals surface area contributed by atoms with Gasteiger partial charge in [-0.05, 0) is 60.5 Å². The fraction of sp³-hybridized carbons (Fsp3) is 0.0833. The van der Waals surface area contributed by atoms with Crippen molar-refractivity contribution in [3.8, 4) is 5.75 Å². The molecular weight excluding hydrogens is 453 g/mol. The third-order valence-corrected chi connectivity index (χ3v) is 6.33. The number of carbonyl (C=O) groups is 1. The van der Waals surface area contributed by atoms with Crippen LogP contribution in [0.25, 0.3) is 6.08 Å². The summed E-state index contributed by atoms with van der Waals surface area (Å²) in [6.07, 6.45) is 1.80. The molecule has 0 aromatic heterocycles. The standard InChI is InChI=1S/C24H17ClFNO2S2/c1-15-4-2-5-17(12-15)27-23(28)22(31-24(27)30)13-16-8-10-18(11-9-16)29-14-19-20(25)6-3-7-21(19)26/h2-13H,14H2,1H3/b22-13+. The molecule has 0 bridgehead atoms. The first-order valence-electron chi connectivity index (χ1n) is 9.43. The Bertz CT molecular complexity index is 1170. The topological polar surface area (TPSA) is 29.5 Å². The van der Waals surface area contributed by atoms with Crippen molar-refractivity contribution in [2.75, 3.05) is 4.90 Å². The van der Waals surface area contributed by atoms with E-state index in [0.717, 1.165) is 16.8 Å². The minimum atomic E-state index is -0.403. The molecule has 0 atom stereocenters. The quantitative estimate of drug-likeness (QED) is 0.304. The number of hydrogen-bond donors (Lipinski definition) is 0. The highest BCUT2D eigenvalue weighted by molar-refractivity contribution is 8.27. The summed E-state index contributed by atoms with van der Waals surface area (Å²) in [6.45, 7) is 2.00. The van der Waals surface area contributed by atoms with Crippen molar-refractivity contribution in [1.82, 2.24) is 0 Å². The van der Waals surface area contributed by atoms with Crippen LogP contribution in [0.4, 0.5) is 10.1 Å². The van der Waals surface area contributed by atoms with E-state index in [1.807, 2.05) is 43.3 Å². The lowest BCUT2D eigenvalue weighted by molar-refractivity contribution is -0.113. The summed E-state index contributed by atoms with van der Waals surface area (Å²) in [5.74, 6) is 0.0265. The molecule has 1 saturated heterocycles. The fourth-order valence-electron chi connectivity index (χ4n) is 3.09. The number of halogens is 2. The third kappa shape index (κ3) is 4.82. The maximum atomic E-state index is 13.9. The van der Waals surface area contributed by atoms with Crippen molar-refractivity contribution < 1.29 is 13.9 Å². The Hall–Kier alpha value is -2.67. The molecule has 0 unspecified atom stereocenters. The monoisotopic (exact) mass is 469 g/mol. The summed E-state index contributed by atoms with van der Waals surface area (Å²) >= 11 is 12.7. The van der Waals surface area contributed by atoms with Crippen LogP contribution in [-0.2, 0) is 11.4 Å². The zero-order valence-corrected chi connectivity index (χ0v) is 18.9. The summed E-state index contributed by atoms with van der Waals surface area (Å²) in [7, 11) is 0. The van der Waals surface area contributed by atoms with E-state index in [1.54, 1.807) is 35.2 Å². The Morgan fingerprint density at radius 1 is 1.13 bits per heavy atom. The van der Waals surface area contributed by atoms with Crippen LogP contribution in [0.2, 0.25) is 5.02 Å². The van der Waals surface area contributed by atoms with E-state index in [9.17, 15) is 9.18 Å². The summed E-state index contributed by atoms with van der Waals surface area (Å²) < 4.78 is 20.0. The number of hydrogen-bond acceptors (Lipinski definition) is 4. The van der Waals surface area contributed by atoms with Crippen molar-refractivity contribution >= 4 is 57.6 Å². The number of nitrogens with zero attached hydrogens (tertiary/aromatic N) is 1. The second-order valence-corrected chi connectivity index (χ2v) is 9.00. The van der Waals surface area contributed by atoms with Crippen LogP contribution < -0.4 is 9.64 Å². The summed E-state index contributed by atoms with van der Waals surface area (Å²) in [6, 6.07) is 19.4. The zero-order chi connectivity index (χ0) is 22.0. The van der Waals surface area contributed by atoms with Gasteiger partial charge in [-0.2, -0.15) is 0 Å². The van der Waals surface area contributed by atoms with Crippen LogP contribution in [0, 0.1) is 12.7 Å². The third-order valence-electron chi connectivity index (χ3n) is 4.68. The average Bonchev–Trinajstić information content (AvgIpc) is 3.02. The van der Waals surface area contributed by atoms with Gasteiger partial charge in [0.25, 0.3) is 5.91 Å². The van der Waals surface area contributed by atoms with E-state index in [4.69, 9.17) is 28.6 Å². The van der Waals surface area contributed by atoms with Crippen molar-refractivity contribution in [1.29, 1.82) is 0 Å². The van der Waals surface area contributed by atoms with Gasteiger partial charge < -0.3 is 4.74 Å². The highest BCUT2D eigenvalue weighted by atomic mass is 35.5. The van der Waals surface area contributed by atoms with Crippen molar-refractivity contribution in [3.63, 3.8) is 0 Å². The van der Waals surface area contributed by atoms with E-state index in [0.29, 0.717) is 25.6 Å². The molecule has 31 heavy (non-hydrogen) atoms. The molecule has 3 aromatic carbocycles. The number of thiocarbonyl (C=S) groups is 1. The summed E-state index contributed by atoms with van der Waals surface area (Å²) in [5, 5.41) is 0.326. The van der Waals surface area contributed by atoms with E-state index in [2.05, 4.69) is 0 Å². The van der Waals surface area contributed by atoms with Crippen molar-refractivity contribution in [2.24, 2.45) is 0 Å². The second kappa shape index (κ2) is 9.22. The fourth-order valence-corrected chi connectivity index (χ4v) is 4.61. The molecule has 3 aromatic rings. The SMILES string of the molecule is Cc1cccc(N2C(=O)/C(=C\c3ccc(OCc4c(F)cccc4Cl)cc3)SC2=S)c1. The second-order valence-electron chi connectivity index (χ2n) is 6.91. The first-order chi connectivity index (χ1) is 14.9. The average molecular weight is 470 g/mol. The normalized spacial score (nSPS) is 15.1. The van der Waals surface area contributed by atoms with Gasteiger partial charge in [0.05, 0.1) is 15.6 Å². The maximum Gasteiger partial charge on any atom is 0.270 e. The first-order valence-corrected chi connectivity index (χ1v) is 11.0. The molecule has 1 fully saturated rings. The Labute approximate surface area is 194 Å². The number of ether oxygens (including phenoxy) is 1. The molecule has 156 valence electrons. The number of anilines is 1. The van der Waals surface area contributed by atoms with Gasteiger partial charge in [-0.15, -0.1) is 0 Å². The molecule has 1 aliphatic rings. The molecule has 0 saturated carbocycles. The molecule has 7 heteroatoms. The molecule has 0 radical (unpaired) electrons. The van der Waals surface area contributed by atoms with Gasteiger partial charge in [0, 0.05) is 5.56 Å². The Morgan fingerprint density at radius 3 is 2.58 bits per heavy atom. The predicted octanol–water partition coefficient (Wildman–Crippen LogP) is 6.77.